The number of carboxylic acid groups (broad SMARTS) is 1. The summed E-state index contributed by atoms with van der Waals surface area (Å²) in [7, 11) is 0. The van der Waals surface area contributed by atoms with Crippen molar-refractivity contribution in [2.24, 2.45) is 5.92 Å². The van der Waals surface area contributed by atoms with Crippen LogP contribution in [0.4, 0.5) is 5.69 Å². The molecule has 3 rings (SSSR count). The average Bonchev–Trinajstić information content (AvgIpc) is 3.08. The number of hydrogen-bond donors (Lipinski definition) is 1. The number of rotatable bonds is 2. The Morgan fingerprint density at radius 3 is 2.59 bits per heavy atom. The van der Waals surface area contributed by atoms with E-state index < -0.39 is 12.0 Å². The number of aliphatic carboxylic acids is 1. The topological polar surface area (TPSA) is 57.6 Å². The molecule has 0 spiro atoms. The number of fused-ring (bicyclic) bond motifs is 1. The monoisotopic (exact) mass is 231 g/mol. The average molecular weight is 231 g/mol. The number of benzene rings is 1. The van der Waals surface area contributed by atoms with Crippen molar-refractivity contribution in [2.45, 2.75) is 25.3 Å². The van der Waals surface area contributed by atoms with E-state index in [-0.39, 0.29) is 11.8 Å². The number of carbonyl (C=O) groups is 2. The molecule has 1 aromatic rings. The first-order valence-electron chi connectivity index (χ1n) is 5.82. The van der Waals surface area contributed by atoms with Crippen LogP contribution in [-0.2, 0) is 16.0 Å². The van der Waals surface area contributed by atoms with Gasteiger partial charge in [0.05, 0.1) is 0 Å². The first-order valence-corrected chi connectivity index (χ1v) is 5.82. The Morgan fingerprint density at radius 1 is 1.24 bits per heavy atom. The third-order valence-corrected chi connectivity index (χ3v) is 3.43. The van der Waals surface area contributed by atoms with Crippen LogP contribution in [0.2, 0.25) is 0 Å². The lowest BCUT2D eigenvalue weighted by Crippen LogP contribution is -2.43. The van der Waals surface area contributed by atoms with Crippen LogP contribution in [0.25, 0.3) is 0 Å². The number of amides is 1. The Bertz CT molecular complexity index is 493. The summed E-state index contributed by atoms with van der Waals surface area (Å²) in [6.07, 6.45) is 2.21. The zero-order valence-corrected chi connectivity index (χ0v) is 9.30. The second-order valence-electron chi connectivity index (χ2n) is 4.67. The Kier molecular flexibility index (Phi) is 2.18. The summed E-state index contributed by atoms with van der Waals surface area (Å²) in [5.41, 5.74) is 1.73. The molecule has 1 aliphatic carbocycles. The molecule has 1 fully saturated rings. The van der Waals surface area contributed by atoms with E-state index in [1.165, 1.54) is 4.90 Å². The summed E-state index contributed by atoms with van der Waals surface area (Å²) >= 11 is 0. The number of carboxylic acids is 1. The van der Waals surface area contributed by atoms with Gasteiger partial charge in [0, 0.05) is 18.0 Å². The molecule has 0 radical (unpaired) electrons. The summed E-state index contributed by atoms with van der Waals surface area (Å²) < 4.78 is 0. The van der Waals surface area contributed by atoms with Gasteiger partial charge in [-0.1, -0.05) is 18.2 Å². The molecule has 0 unspecified atom stereocenters. The maximum atomic E-state index is 12.1. The first-order chi connectivity index (χ1) is 8.18. The quantitative estimate of drug-likeness (QED) is 0.837. The molecule has 17 heavy (non-hydrogen) atoms. The third kappa shape index (κ3) is 1.60. The predicted octanol–water partition coefficient (Wildman–Crippen LogP) is 1.44. The summed E-state index contributed by atoms with van der Waals surface area (Å²) in [4.78, 5) is 24.9. The second-order valence-corrected chi connectivity index (χ2v) is 4.67. The Morgan fingerprint density at radius 2 is 1.94 bits per heavy atom. The third-order valence-electron chi connectivity index (χ3n) is 3.43. The van der Waals surface area contributed by atoms with Gasteiger partial charge in [-0.3, -0.25) is 9.69 Å². The SMILES string of the molecule is O=C(O)[C@@H]1Cc2ccccc2N1C(=O)C1CC1. The van der Waals surface area contributed by atoms with Gasteiger partial charge >= 0.3 is 5.97 Å². The van der Waals surface area contributed by atoms with Crippen LogP contribution in [0.5, 0.6) is 0 Å². The second kappa shape index (κ2) is 3.58. The highest BCUT2D eigenvalue weighted by Crippen LogP contribution is 2.38. The molecule has 4 nitrogen and oxygen atoms in total. The minimum atomic E-state index is -0.921. The summed E-state index contributed by atoms with van der Waals surface area (Å²) in [5, 5.41) is 9.21. The molecule has 4 heteroatoms. The fraction of sp³-hybridized carbons (Fsp3) is 0.385. The van der Waals surface area contributed by atoms with E-state index in [0.717, 1.165) is 24.1 Å². The molecule has 1 aromatic carbocycles. The van der Waals surface area contributed by atoms with Crippen molar-refractivity contribution in [2.75, 3.05) is 4.90 Å². The van der Waals surface area contributed by atoms with E-state index >= 15 is 0 Å². The Labute approximate surface area is 98.9 Å². The molecular weight excluding hydrogens is 218 g/mol. The van der Waals surface area contributed by atoms with Gasteiger partial charge in [0.25, 0.3) is 0 Å². The molecule has 0 aromatic heterocycles. The first kappa shape index (κ1) is 10.3. The van der Waals surface area contributed by atoms with Gasteiger partial charge in [-0.05, 0) is 24.5 Å². The van der Waals surface area contributed by atoms with Gasteiger partial charge < -0.3 is 5.11 Å². The highest BCUT2D eigenvalue weighted by Gasteiger charge is 2.43. The molecule has 0 bridgehead atoms. The molecule has 1 saturated carbocycles. The standard InChI is InChI=1S/C13H13NO3/c15-12(8-5-6-8)14-10-4-2-1-3-9(10)7-11(14)13(16)17/h1-4,8,11H,5-7H2,(H,16,17)/t11-/m0/s1. The van der Waals surface area contributed by atoms with Gasteiger partial charge in [0.15, 0.2) is 0 Å². The molecule has 1 aliphatic heterocycles. The maximum Gasteiger partial charge on any atom is 0.327 e. The molecule has 2 aliphatic rings. The minimum absolute atomic E-state index is 0.0256. The number of carbonyl (C=O) groups excluding carboxylic acids is 1. The molecule has 0 saturated heterocycles. The lowest BCUT2D eigenvalue weighted by molar-refractivity contribution is -0.140. The van der Waals surface area contributed by atoms with E-state index in [1.54, 1.807) is 0 Å². The van der Waals surface area contributed by atoms with Crippen molar-refractivity contribution in [1.29, 1.82) is 0 Å². The predicted molar refractivity (Wildman–Crippen MR) is 61.8 cm³/mol. The van der Waals surface area contributed by atoms with Crippen molar-refractivity contribution in [3.05, 3.63) is 29.8 Å². The maximum absolute atomic E-state index is 12.1. The summed E-state index contributed by atoms with van der Waals surface area (Å²) in [6, 6.07) is 6.73. The Balaban J connectivity index is 2.01. The Hall–Kier alpha value is -1.84. The van der Waals surface area contributed by atoms with Crippen LogP contribution < -0.4 is 4.90 Å². The zero-order chi connectivity index (χ0) is 12.0. The van der Waals surface area contributed by atoms with Gasteiger partial charge in [-0.25, -0.2) is 4.79 Å². The fourth-order valence-electron chi connectivity index (χ4n) is 2.38. The van der Waals surface area contributed by atoms with Crippen molar-refractivity contribution < 1.29 is 14.7 Å². The highest BCUT2D eigenvalue weighted by molar-refractivity contribution is 6.03. The van der Waals surface area contributed by atoms with E-state index in [4.69, 9.17) is 0 Å². The van der Waals surface area contributed by atoms with Crippen LogP contribution in [-0.4, -0.2) is 23.0 Å². The molecule has 88 valence electrons. The fourth-order valence-corrected chi connectivity index (χ4v) is 2.38. The minimum Gasteiger partial charge on any atom is -0.480 e. The normalized spacial score (nSPS) is 22.4. The van der Waals surface area contributed by atoms with E-state index in [2.05, 4.69) is 0 Å². The van der Waals surface area contributed by atoms with Crippen LogP contribution in [0.1, 0.15) is 18.4 Å². The largest absolute Gasteiger partial charge is 0.480 e. The van der Waals surface area contributed by atoms with Crippen molar-refractivity contribution in [1.82, 2.24) is 0 Å². The molecule has 1 heterocycles. The number of hydrogen-bond acceptors (Lipinski definition) is 2. The van der Waals surface area contributed by atoms with E-state index in [0.29, 0.717) is 6.42 Å². The van der Waals surface area contributed by atoms with Gasteiger partial charge in [0.2, 0.25) is 5.91 Å². The van der Waals surface area contributed by atoms with Crippen LogP contribution in [0.15, 0.2) is 24.3 Å². The smallest absolute Gasteiger partial charge is 0.327 e. The van der Waals surface area contributed by atoms with E-state index in [9.17, 15) is 14.7 Å². The van der Waals surface area contributed by atoms with Crippen LogP contribution >= 0.6 is 0 Å². The van der Waals surface area contributed by atoms with Crippen molar-refractivity contribution >= 4 is 17.6 Å². The molecule has 1 amide bonds. The van der Waals surface area contributed by atoms with Gasteiger partial charge in [-0.15, -0.1) is 0 Å². The zero-order valence-electron chi connectivity index (χ0n) is 9.30. The summed E-state index contributed by atoms with van der Waals surface area (Å²) in [5.74, 6) is -0.902. The van der Waals surface area contributed by atoms with E-state index in [1.807, 2.05) is 24.3 Å². The lowest BCUT2D eigenvalue weighted by Gasteiger charge is -2.22. The molecule has 1 N–H and O–H groups in total. The van der Waals surface area contributed by atoms with Gasteiger partial charge in [-0.2, -0.15) is 0 Å². The van der Waals surface area contributed by atoms with Gasteiger partial charge in [0.1, 0.15) is 6.04 Å². The number of para-hydroxylation sites is 1. The highest BCUT2D eigenvalue weighted by atomic mass is 16.4. The van der Waals surface area contributed by atoms with Crippen LogP contribution in [0.3, 0.4) is 0 Å². The van der Waals surface area contributed by atoms with Crippen molar-refractivity contribution in [3.63, 3.8) is 0 Å². The number of nitrogens with zero attached hydrogens (tertiary/aromatic N) is 1. The number of anilines is 1. The van der Waals surface area contributed by atoms with Crippen molar-refractivity contribution in [3.8, 4) is 0 Å². The summed E-state index contributed by atoms with van der Waals surface area (Å²) in [6.45, 7) is 0. The van der Waals surface area contributed by atoms with Crippen LogP contribution in [0, 0.1) is 5.92 Å². The lowest BCUT2D eigenvalue weighted by atomic mass is 10.1. The molecule has 1 atom stereocenters. The molecular formula is C13H13NO3.